The highest BCUT2D eigenvalue weighted by molar-refractivity contribution is 5.57. The van der Waals surface area contributed by atoms with Gasteiger partial charge in [0.05, 0.1) is 6.10 Å². The Morgan fingerprint density at radius 2 is 2.00 bits per heavy atom. The molecule has 1 heterocycles. The molecule has 0 saturated heterocycles. The average molecular weight is 250 g/mol. The number of aliphatic hydroxyl groups is 1. The number of nitrogens with one attached hydrogen (secondary N) is 2. The van der Waals surface area contributed by atoms with Crippen molar-refractivity contribution in [2.75, 3.05) is 24.2 Å². The van der Waals surface area contributed by atoms with Crippen LogP contribution in [0.4, 0.5) is 11.6 Å². The van der Waals surface area contributed by atoms with Crippen LogP contribution in [-0.2, 0) is 6.42 Å². The standard InChI is InChI=1S/C13H22N4O/c1-4-11-16-12(14-3)8(2)13(17-11)15-7-10(18)9-5-6-9/h9-10,18H,4-7H2,1-3H3,(H2,14,15,16,17). The monoisotopic (exact) mass is 250 g/mol. The molecule has 0 bridgehead atoms. The normalized spacial score (nSPS) is 16.4. The SMILES string of the molecule is CCc1nc(NC)c(C)c(NCC(O)C2CC2)n1. The Kier molecular flexibility index (Phi) is 4.01. The molecule has 0 aliphatic heterocycles. The molecule has 1 aliphatic carbocycles. The Bertz CT molecular complexity index is 418. The smallest absolute Gasteiger partial charge is 0.134 e. The van der Waals surface area contributed by atoms with Crippen molar-refractivity contribution in [2.45, 2.75) is 39.2 Å². The maximum Gasteiger partial charge on any atom is 0.134 e. The maximum absolute atomic E-state index is 9.87. The average Bonchev–Trinajstić information content (AvgIpc) is 3.21. The van der Waals surface area contributed by atoms with Gasteiger partial charge in [0.25, 0.3) is 0 Å². The lowest BCUT2D eigenvalue weighted by Crippen LogP contribution is -2.22. The van der Waals surface area contributed by atoms with E-state index in [0.29, 0.717) is 12.5 Å². The quantitative estimate of drug-likeness (QED) is 0.715. The highest BCUT2D eigenvalue weighted by Gasteiger charge is 2.29. The number of nitrogens with zero attached hydrogens (tertiary/aromatic N) is 2. The number of hydrogen-bond donors (Lipinski definition) is 3. The van der Waals surface area contributed by atoms with E-state index in [1.54, 1.807) is 0 Å². The summed E-state index contributed by atoms with van der Waals surface area (Å²) < 4.78 is 0. The van der Waals surface area contributed by atoms with Crippen LogP contribution in [-0.4, -0.2) is 34.8 Å². The van der Waals surface area contributed by atoms with Crippen molar-refractivity contribution >= 4 is 11.6 Å². The van der Waals surface area contributed by atoms with Gasteiger partial charge in [-0.15, -0.1) is 0 Å². The largest absolute Gasteiger partial charge is 0.391 e. The molecule has 1 aliphatic rings. The summed E-state index contributed by atoms with van der Waals surface area (Å²) in [5, 5.41) is 16.2. The summed E-state index contributed by atoms with van der Waals surface area (Å²) in [6, 6.07) is 0. The predicted molar refractivity (Wildman–Crippen MR) is 72.9 cm³/mol. The molecule has 0 radical (unpaired) electrons. The van der Waals surface area contributed by atoms with E-state index in [-0.39, 0.29) is 6.10 Å². The molecule has 1 saturated carbocycles. The minimum atomic E-state index is -0.262. The van der Waals surface area contributed by atoms with Crippen molar-refractivity contribution in [3.8, 4) is 0 Å². The Balaban J connectivity index is 2.09. The second-order valence-electron chi connectivity index (χ2n) is 4.85. The second kappa shape index (κ2) is 5.52. The van der Waals surface area contributed by atoms with E-state index in [0.717, 1.165) is 42.3 Å². The lowest BCUT2D eigenvalue weighted by molar-refractivity contribution is 0.164. The van der Waals surface area contributed by atoms with Crippen LogP contribution in [0.2, 0.25) is 0 Å². The highest BCUT2D eigenvalue weighted by atomic mass is 16.3. The molecule has 1 unspecified atom stereocenters. The van der Waals surface area contributed by atoms with Gasteiger partial charge in [0.2, 0.25) is 0 Å². The number of hydrogen-bond acceptors (Lipinski definition) is 5. The third-order valence-electron chi connectivity index (χ3n) is 3.39. The van der Waals surface area contributed by atoms with Crippen LogP contribution in [0, 0.1) is 12.8 Å². The fourth-order valence-corrected chi connectivity index (χ4v) is 1.99. The van der Waals surface area contributed by atoms with Crippen molar-refractivity contribution in [3.05, 3.63) is 11.4 Å². The number of aromatic nitrogens is 2. The van der Waals surface area contributed by atoms with Crippen molar-refractivity contribution < 1.29 is 5.11 Å². The van der Waals surface area contributed by atoms with Gasteiger partial charge in [-0.05, 0) is 25.7 Å². The van der Waals surface area contributed by atoms with Crippen LogP contribution in [0.1, 0.15) is 31.2 Å². The minimum Gasteiger partial charge on any atom is -0.391 e. The zero-order valence-electron chi connectivity index (χ0n) is 11.3. The Morgan fingerprint density at radius 3 is 2.56 bits per heavy atom. The van der Waals surface area contributed by atoms with Gasteiger partial charge in [0, 0.05) is 25.6 Å². The van der Waals surface area contributed by atoms with Gasteiger partial charge in [-0.2, -0.15) is 0 Å². The van der Waals surface area contributed by atoms with Gasteiger partial charge in [-0.1, -0.05) is 6.92 Å². The number of aliphatic hydroxyl groups excluding tert-OH is 1. The van der Waals surface area contributed by atoms with E-state index >= 15 is 0 Å². The van der Waals surface area contributed by atoms with E-state index in [1.165, 1.54) is 0 Å². The molecule has 100 valence electrons. The number of anilines is 2. The summed E-state index contributed by atoms with van der Waals surface area (Å²) in [4.78, 5) is 8.90. The molecule has 5 nitrogen and oxygen atoms in total. The fraction of sp³-hybridized carbons (Fsp3) is 0.692. The van der Waals surface area contributed by atoms with Gasteiger partial charge in [-0.25, -0.2) is 9.97 Å². The van der Waals surface area contributed by atoms with E-state index in [4.69, 9.17) is 0 Å². The molecule has 5 heteroatoms. The Labute approximate surface area is 108 Å². The first-order valence-electron chi connectivity index (χ1n) is 6.62. The molecule has 1 aromatic rings. The van der Waals surface area contributed by atoms with Gasteiger partial charge in [0.15, 0.2) is 0 Å². The van der Waals surface area contributed by atoms with E-state index in [2.05, 4.69) is 20.6 Å². The molecule has 3 N–H and O–H groups in total. The lowest BCUT2D eigenvalue weighted by Gasteiger charge is -2.15. The van der Waals surface area contributed by atoms with Crippen molar-refractivity contribution in [3.63, 3.8) is 0 Å². The molecule has 18 heavy (non-hydrogen) atoms. The van der Waals surface area contributed by atoms with Crippen LogP contribution in [0.3, 0.4) is 0 Å². The molecule has 1 aromatic heterocycles. The minimum absolute atomic E-state index is 0.262. The number of rotatable bonds is 6. The molecular weight excluding hydrogens is 228 g/mol. The molecule has 2 rings (SSSR count). The molecule has 0 spiro atoms. The van der Waals surface area contributed by atoms with Gasteiger partial charge in [0.1, 0.15) is 17.5 Å². The van der Waals surface area contributed by atoms with Crippen LogP contribution >= 0.6 is 0 Å². The maximum atomic E-state index is 9.87. The summed E-state index contributed by atoms with van der Waals surface area (Å²) in [7, 11) is 1.86. The highest BCUT2D eigenvalue weighted by Crippen LogP contribution is 2.32. The van der Waals surface area contributed by atoms with Crippen molar-refractivity contribution in [2.24, 2.45) is 5.92 Å². The summed E-state index contributed by atoms with van der Waals surface area (Å²) in [6.45, 7) is 4.58. The van der Waals surface area contributed by atoms with E-state index in [9.17, 15) is 5.11 Å². The predicted octanol–water partition coefficient (Wildman–Crippen LogP) is 1.57. The summed E-state index contributed by atoms with van der Waals surface area (Å²) in [5.74, 6) is 2.97. The van der Waals surface area contributed by atoms with Crippen LogP contribution in [0.25, 0.3) is 0 Å². The Morgan fingerprint density at radius 1 is 1.33 bits per heavy atom. The van der Waals surface area contributed by atoms with Crippen LogP contribution < -0.4 is 10.6 Å². The Hall–Kier alpha value is -1.36. The third-order valence-corrected chi connectivity index (χ3v) is 3.39. The fourth-order valence-electron chi connectivity index (χ4n) is 1.99. The topological polar surface area (TPSA) is 70.1 Å². The lowest BCUT2D eigenvalue weighted by atomic mass is 10.2. The van der Waals surface area contributed by atoms with Gasteiger partial charge in [-0.3, -0.25) is 0 Å². The zero-order chi connectivity index (χ0) is 13.1. The number of aryl methyl sites for hydroxylation is 1. The zero-order valence-corrected chi connectivity index (χ0v) is 11.3. The first-order chi connectivity index (χ1) is 8.65. The van der Waals surface area contributed by atoms with E-state index < -0.39 is 0 Å². The van der Waals surface area contributed by atoms with Crippen LogP contribution in [0.15, 0.2) is 0 Å². The summed E-state index contributed by atoms with van der Waals surface area (Å²) >= 11 is 0. The molecule has 0 aromatic carbocycles. The summed E-state index contributed by atoms with van der Waals surface area (Å²) in [5.41, 5.74) is 0.998. The van der Waals surface area contributed by atoms with Gasteiger partial charge >= 0.3 is 0 Å². The first-order valence-corrected chi connectivity index (χ1v) is 6.62. The van der Waals surface area contributed by atoms with Gasteiger partial charge < -0.3 is 15.7 Å². The molecule has 1 atom stereocenters. The molecule has 1 fully saturated rings. The molecule has 0 amide bonds. The third kappa shape index (κ3) is 2.90. The summed E-state index contributed by atoms with van der Waals surface area (Å²) in [6.07, 6.45) is 2.83. The van der Waals surface area contributed by atoms with Crippen molar-refractivity contribution in [1.29, 1.82) is 0 Å². The first kappa shape index (κ1) is 13.1. The second-order valence-corrected chi connectivity index (χ2v) is 4.85. The van der Waals surface area contributed by atoms with E-state index in [1.807, 2.05) is 20.9 Å². The van der Waals surface area contributed by atoms with Crippen LogP contribution in [0.5, 0.6) is 0 Å². The molecular formula is C13H22N4O. The van der Waals surface area contributed by atoms with Crippen molar-refractivity contribution in [1.82, 2.24) is 9.97 Å².